The molecule has 0 aliphatic carbocycles. The van der Waals surface area contributed by atoms with E-state index < -0.39 is 15.6 Å². The number of piperidine rings is 1. The molecule has 0 saturated carbocycles. The summed E-state index contributed by atoms with van der Waals surface area (Å²) >= 11 is 1.23. The summed E-state index contributed by atoms with van der Waals surface area (Å²) in [6, 6.07) is 7.27. The van der Waals surface area contributed by atoms with Gasteiger partial charge in [0, 0.05) is 25.9 Å². The first-order valence-electron chi connectivity index (χ1n) is 8.68. The molecule has 26 heavy (non-hydrogen) atoms. The Morgan fingerprint density at radius 1 is 1.19 bits per heavy atom. The summed E-state index contributed by atoms with van der Waals surface area (Å²) in [7, 11) is -3.45. The van der Waals surface area contributed by atoms with Gasteiger partial charge in [-0.2, -0.15) is 4.31 Å². The summed E-state index contributed by atoms with van der Waals surface area (Å²) in [5.41, 5.74) is 2.07. The van der Waals surface area contributed by atoms with E-state index in [9.17, 15) is 13.2 Å². The molecule has 2 aliphatic rings. The van der Waals surface area contributed by atoms with Crippen LogP contribution in [0.15, 0.2) is 33.9 Å². The highest BCUT2D eigenvalue weighted by atomic mass is 32.2. The summed E-state index contributed by atoms with van der Waals surface area (Å²) in [6.07, 6.45) is 1.36. The number of sulfonamides is 1. The molecule has 0 bridgehead atoms. The smallest absolute Gasteiger partial charge is 0.252 e. The van der Waals surface area contributed by atoms with E-state index in [4.69, 9.17) is 4.74 Å². The Morgan fingerprint density at radius 3 is 2.58 bits per heavy atom. The largest absolute Gasteiger partial charge is 0.486 e. The lowest BCUT2D eigenvalue weighted by Gasteiger charge is -2.43. The molecular formula is C19H21NO4S2. The molecule has 1 saturated heterocycles. The highest BCUT2D eigenvalue weighted by molar-refractivity contribution is 7.91. The molecule has 1 spiro atoms. The van der Waals surface area contributed by atoms with Gasteiger partial charge in [0.15, 0.2) is 5.78 Å². The zero-order valence-corrected chi connectivity index (χ0v) is 16.5. The van der Waals surface area contributed by atoms with Gasteiger partial charge in [0.2, 0.25) is 0 Å². The zero-order valence-electron chi connectivity index (χ0n) is 14.8. The highest BCUT2D eigenvalue weighted by Crippen LogP contribution is 2.42. The Balaban J connectivity index is 1.57. The van der Waals surface area contributed by atoms with E-state index in [0.29, 0.717) is 47.9 Å². The maximum Gasteiger partial charge on any atom is 0.252 e. The van der Waals surface area contributed by atoms with E-state index in [-0.39, 0.29) is 5.78 Å². The predicted octanol–water partition coefficient (Wildman–Crippen LogP) is 3.55. The Labute approximate surface area is 157 Å². The standard InChI is InChI=1S/C19H21NO4S2/c1-13-10-14(2)18-15(11-13)16(21)12-19(24-18)5-7-20(8-6-19)26(22,23)17-4-3-9-25-17/h3-4,9-11H,5-8,12H2,1-2H3. The van der Waals surface area contributed by atoms with Gasteiger partial charge in [0.25, 0.3) is 10.0 Å². The summed E-state index contributed by atoms with van der Waals surface area (Å²) < 4.78 is 33.6. The molecule has 138 valence electrons. The molecule has 0 radical (unpaired) electrons. The number of fused-ring (bicyclic) bond motifs is 1. The van der Waals surface area contributed by atoms with Crippen molar-refractivity contribution in [3.63, 3.8) is 0 Å². The Hall–Kier alpha value is -1.70. The maximum atomic E-state index is 12.7. The second kappa shape index (κ2) is 6.18. The predicted molar refractivity (Wildman–Crippen MR) is 101 cm³/mol. The van der Waals surface area contributed by atoms with Crippen LogP contribution < -0.4 is 4.74 Å². The lowest BCUT2D eigenvalue weighted by atomic mass is 9.82. The number of ether oxygens (including phenoxy) is 1. The summed E-state index contributed by atoms with van der Waals surface area (Å²) in [5.74, 6) is 0.758. The van der Waals surface area contributed by atoms with Crippen LogP contribution in [0.4, 0.5) is 0 Å². The molecule has 3 heterocycles. The Bertz CT molecular complexity index is 956. The molecule has 7 heteroatoms. The van der Waals surface area contributed by atoms with Gasteiger partial charge in [-0.25, -0.2) is 8.42 Å². The number of hydrogen-bond donors (Lipinski definition) is 0. The van der Waals surface area contributed by atoms with Crippen LogP contribution in [-0.4, -0.2) is 37.2 Å². The normalized spacial score (nSPS) is 20.0. The van der Waals surface area contributed by atoms with Gasteiger partial charge in [-0.1, -0.05) is 12.1 Å². The number of ketones is 1. The number of nitrogens with zero attached hydrogens (tertiary/aromatic N) is 1. The molecule has 2 aromatic rings. The van der Waals surface area contributed by atoms with Crippen LogP contribution in [0.1, 0.15) is 40.7 Å². The van der Waals surface area contributed by atoms with Crippen molar-refractivity contribution in [2.75, 3.05) is 13.1 Å². The van der Waals surface area contributed by atoms with Gasteiger partial charge in [0.1, 0.15) is 15.6 Å². The molecule has 1 aromatic heterocycles. The first-order valence-corrected chi connectivity index (χ1v) is 11.0. The Morgan fingerprint density at radius 2 is 1.92 bits per heavy atom. The van der Waals surface area contributed by atoms with Crippen molar-refractivity contribution in [2.45, 2.75) is 42.9 Å². The molecule has 0 unspecified atom stereocenters. The van der Waals surface area contributed by atoms with Gasteiger partial charge >= 0.3 is 0 Å². The van der Waals surface area contributed by atoms with Crippen molar-refractivity contribution in [2.24, 2.45) is 0 Å². The van der Waals surface area contributed by atoms with E-state index in [1.807, 2.05) is 26.0 Å². The minimum Gasteiger partial charge on any atom is -0.486 e. The number of carbonyl (C=O) groups is 1. The number of carbonyl (C=O) groups excluding carboxylic acids is 1. The number of hydrogen-bond acceptors (Lipinski definition) is 5. The van der Waals surface area contributed by atoms with Crippen LogP contribution in [0, 0.1) is 13.8 Å². The molecule has 0 N–H and O–H groups in total. The first-order chi connectivity index (χ1) is 12.3. The lowest BCUT2D eigenvalue weighted by molar-refractivity contribution is 0.00537. The average Bonchev–Trinajstić information content (AvgIpc) is 3.12. The third-order valence-electron chi connectivity index (χ3n) is 5.24. The number of thiophene rings is 1. The quantitative estimate of drug-likeness (QED) is 0.785. The number of rotatable bonds is 2. The minimum atomic E-state index is -3.45. The van der Waals surface area contributed by atoms with Crippen molar-refractivity contribution in [3.8, 4) is 5.75 Å². The van der Waals surface area contributed by atoms with Crippen LogP contribution in [0.2, 0.25) is 0 Å². The SMILES string of the molecule is Cc1cc(C)c2c(c1)C(=O)CC1(CCN(S(=O)(=O)c3cccs3)CC1)O2. The fourth-order valence-corrected chi connectivity index (χ4v) is 6.47. The zero-order chi connectivity index (χ0) is 18.5. The van der Waals surface area contributed by atoms with Crippen LogP contribution in [0.3, 0.4) is 0 Å². The van der Waals surface area contributed by atoms with Crippen LogP contribution in [0.5, 0.6) is 5.75 Å². The monoisotopic (exact) mass is 391 g/mol. The van der Waals surface area contributed by atoms with Crippen molar-refractivity contribution < 1.29 is 17.9 Å². The molecule has 2 aliphatic heterocycles. The van der Waals surface area contributed by atoms with E-state index in [1.165, 1.54) is 15.6 Å². The molecule has 0 amide bonds. The van der Waals surface area contributed by atoms with Gasteiger partial charge in [0.05, 0.1) is 12.0 Å². The van der Waals surface area contributed by atoms with Crippen LogP contribution >= 0.6 is 11.3 Å². The molecule has 5 nitrogen and oxygen atoms in total. The van der Waals surface area contributed by atoms with Crippen LogP contribution in [0.25, 0.3) is 0 Å². The highest BCUT2D eigenvalue weighted by Gasteiger charge is 2.45. The fraction of sp³-hybridized carbons (Fsp3) is 0.421. The second-order valence-electron chi connectivity index (χ2n) is 7.18. The van der Waals surface area contributed by atoms with Crippen molar-refractivity contribution in [1.82, 2.24) is 4.31 Å². The molecule has 1 fully saturated rings. The van der Waals surface area contributed by atoms with Crippen molar-refractivity contribution >= 4 is 27.1 Å². The van der Waals surface area contributed by atoms with Crippen LogP contribution in [-0.2, 0) is 10.0 Å². The third kappa shape index (κ3) is 2.88. The van der Waals surface area contributed by atoms with Crippen molar-refractivity contribution in [1.29, 1.82) is 0 Å². The third-order valence-corrected chi connectivity index (χ3v) is 8.52. The fourth-order valence-electron chi connectivity index (χ4n) is 3.89. The number of benzene rings is 1. The first kappa shape index (κ1) is 17.7. The van der Waals surface area contributed by atoms with Crippen molar-refractivity contribution in [3.05, 3.63) is 46.3 Å². The lowest BCUT2D eigenvalue weighted by Crippen LogP contribution is -2.52. The minimum absolute atomic E-state index is 0.0904. The molecule has 0 atom stereocenters. The van der Waals surface area contributed by atoms with Gasteiger partial charge in [-0.15, -0.1) is 11.3 Å². The molecule has 1 aromatic carbocycles. The van der Waals surface area contributed by atoms with Gasteiger partial charge < -0.3 is 4.74 Å². The molecular weight excluding hydrogens is 370 g/mol. The average molecular weight is 392 g/mol. The van der Waals surface area contributed by atoms with E-state index in [2.05, 4.69) is 0 Å². The summed E-state index contributed by atoms with van der Waals surface area (Å²) in [5, 5.41) is 1.77. The maximum absolute atomic E-state index is 12.7. The second-order valence-corrected chi connectivity index (χ2v) is 10.3. The summed E-state index contributed by atoms with van der Waals surface area (Å²) in [4.78, 5) is 12.7. The van der Waals surface area contributed by atoms with Gasteiger partial charge in [-0.05, 0) is 42.5 Å². The number of Topliss-reactive ketones (excluding diaryl/α,β-unsaturated/α-hetero) is 1. The van der Waals surface area contributed by atoms with Gasteiger partial charge in [-0.3, -0.25) is 4.79 Å². The topological polar surface area (TPSA) is 63.7 Å². The van der Waals surface area contributed by atoms with E-state index in [0.717, 1.165) is 11.1 Å². The van der Waals surface area contributed by atoms with E-state index in [1.54, 1.807) is 17.5 Å². The molecule has 4 rings (SSSR count). The Kier molecular flexibility index (Phi) is 4.21. The summed E-state index contributed by atoms with van der Waals surface area (Å²) in [6.45, 7) is 4.66. The van der Waals surface area contributed by atoms with E-state index >= 15 is 0 Å². The number of aryl methyl sites for hydroxylation is 2.